The van der Waals surface area contributed by atoms with Gasteiger partial charge >= 0.3 is 5.97 Å². The molecule has 0 aromatic heterocycles. The molecule has 1 aliphatic rings. The molecule has 1 fully saturated rings. The molecule has 21 heavy (non-hydrogen) atoms. The topological polar surface area (TPSA) is 101 Å². The molecule has 1 saturated heterocycles. The van der Waals surface area contributed by atoms with Gasteiger partial charge in [0.2, 0.25) is 0 Å². The van der Waals surface area contributed by atoms with Crippen LogP contribution in [-0.4, -0.2) is 39.9 Å². The number of likely N-dealkylation sites (tertiary alicyclic amines) is 1. The molecule has 2 rings (SSSR count). The fraction of sp³-hybridized carbons (Fsp3) is 0.385. The molecule has 0 saturated carbocycles. The number of nitro benzene ring substituents is 1. The molecule has 112 valence electrons. The highest BCUT2D eigenvalue weighted by Crippen LogP contribution is 2.29. The maximum atomic E-state index is 12.2. The Labute approximate surface area is 125 Å². The van der Waals surface area contributed by atoms with Crippen molar-refractivity contribution in [2.24, 2.45) is 11.8 Å². The lowest BCUT2D eigenvalue weighted by atomic mass is 9.86. The van der Waals surface area contributed by atoms with Crippen LogP contribution < -0.4 is 0 Å². The van der Waals surface area contributed by atoms with E-state index >= 15 is 0 Å². The van der Waals surface area contributed by atoms with Gasteiger partial charge in [-0.25, -0.2) is 0 Å². The number of carbonyl (C=O) groups excluding carboxylic acids is 1. The minimum absolute atomic E-state index is 0.0363. The number of benzene rings is 1. The molecule has 0 radical (unpaired) electrons. The van der Waals surface area contributed by atoms with Crippen LogP contribution in [0.15, 0.2) is 18.2 Å². The van der Waals surface area contributed by atoms with Crippen molar-refractivity contribution >= 4 is 29.2 Å². The van der Waals surface area contributed by atoms with Gasteiger partial charge in [-0.1, -0.05) is 18.5 Å². The average molecular weight is 313 g/mol. The van der Waals surface area contributed by atoms with Gasteiger partial charge in [0.15, 0.2) is 0 Å². The first-order chi connectivity index (χ1) is 9.81. The van der Waals surface area contributed by atoms with Crippen molar-refractivity contribution in [1.29, 1.82) is 0 Å². The van der Waals surface area contributed by atoms with E-state index in [1.165, 1.54) is 17.0 Å². The van der Waals surface area contributed by atoms with E-state index in [-0.39, 0.29) is 35.3 Å². The lowest BCUT2D eigenvalue weighted by Gasteiger charge is -2.41. The molecule has 1 aliphatic heterocycles. The molecule has 0 aliphatic carbocycles. The molecule has 1 aromatic rings. The van der Waals surface area contributed by atoms with Crippen molar-refractivity contribution < 1.29 is 19.6 Å². The average Bonchev–Trinajstić information content (AvgIpc) is 2.36. The number of hydrogen-bond donors (Lipinski definition) is 1. The van der Waals surface area contributed by atoms with E-state index in [1.54, 1.807) is 6.92 Å². The number of carboxylic acids is 1. The second kappa shape index (κ2) is 5.69. The summed E-state index contributed by atoms with van der Waals surface area (Å²) in [6.07, 6.45) is 0. The summed E-state index contributed by atoms with van der Waals surface area (Å²) in [7, 11) is 0. The summed E-state index contributed by atoms with van der Waals surface area (Å²) in [4.78, 5) is 34.8. The van der Waals surface area contributed by atoms with Crippen LogP contribution in [0.3, 0.4) is 0 Å². The minimum atomic E-state index is -0.912. The fourth-order valence-corrected chi connectivity index (χ4v) is 2.37. The normalized spacial score (nSPS) is 16.2. The molecule has 1 heterocycles. The SMILES string of the molecule is CC(C(=O)O)C1CN(C(=O)c2ccc(Cl)cc2[N+](=O)[O-])C1. The van der Waals surface area contributed by atoms with Crippen LogP contribution in [0.4, 0.5) is 5.69 Å². The third-order valence-electron chi connectivity index (χ3n) is 3.68. The number of hydrogen-bond acceptors (Lipinski definition) is 4. The van der Waals surface area contributed by atoms with E-state index in [0.29, 0.717) is 0 Å². The Morgan fingerprint density at radius 2 is 2.10 bits per heavy atom. The molecule has 0 bridgehead atoms. The van der Waals surface area contributed by atoms with Crippen LogP contribution in [0.25, 0.3) is 0 Å². The molecule has 1 N–H and O–H groups in total. The van der Waals surface area contributed by atoms with Crippen molar-refractivity contribution in [3.8, 4) is 0 Å². The first-order valence-corrected chi connectivity index (χ1v) is 6.65. The van der Waals surface area contributed by atoms with Gasteiger partial charge in [0, 0.05) is 30.1 Å². The van der Waals surface area contributed by atoms with Crippen molar-refractivity contribution in [2.45, 2.75) is 6.92 Å². The molecule has 8 heteroatoms. The molecule has 1 atom stereocenters. The number of nitro groups is 1. The summed E-state index contributed by atoms with van der Waals surface area (Å²) in [5.74, 6) is -2.07. The maximum absolute atomic E-state index is 12.2. The van der Waals surface area contributed by atoms with Crippen molar-refractivity contribution in [3.05, 3.63) is 38.9 Å². The van der Waals surface area contributed by atoms with Crippen LogP contribution >= 0.6 is 11.6 Å². The number of aliphatic carboxylic acids is 1. The number of halogens is 1. The Kier molecular flexibility index (Phi) is 4.13. The van der Waals surface area contributed by atoms with Gasteiger partial charge in [-0.05, 0) is 12.1 Å². The minimum Gasteiger partial charge on any atom is -0.481 e. The molecule has 1 amide bonds. The third-order valence-corrected chi connectivity index (χ3v) is 3.92. The number of carbonyl (C=O) groups is 2. The molecular weight excluding hydrogens is 300 g/mol. The van der Waals surface area contributed by atoms with E-state index in [0.717, 1.165) is 6.07 Å². The molecular formula is C13H13ClN2O5. The first-order valence-electron chi connectivity index (χ1n) is 6.27. The van der Waals surface area contributed by atoms with Gasteiger partial charge in [-0.2, -0.15) is 0 Å². The van der Waals surface area contributed by atoms with Gasteiger partial charge in [0.25, 0.3) is 11.6 Å². The Hall–Kier alpha value is -2.15. The molecule has 1 aromatic carbocycles. The fourth-order valence-electron chi connectivity index (χ4n) is 2.20. The Bertz CT molecular complexity index is 613. The van der Waals surface area contributed by atoms with E-state index in [4.69, 9.17) is 16.7 Å². The van der Waals surface area contributed by atoms with Crippen LogP contribution in [0.5, 0.6) is 0 Å². The van der Waals surface area contributed by atoms with Gasteiger partial charge in [-0.3, -0.25) is 19.7 Å². The summed E-state index contributed by atoms with van der Waals surface area (Å²) in [5, 5.41) is 20.0. The first kappa shape index (κ1) is 15.2. The zero-order valence-electron chi connectivity index (χ0n) is 11.2. The molecule has 0 spiro atoms. The van der Waals surface area contributed by atoms with Gasteiger partial charge in [0.05, 0.1) is 10.8 Å². The lowest BCUT2D eigenvalue weighted by molar-refractivity contribution is -0.385. The summed E-state index contributed by atoms with van der Waals surface area (Å²) in [6.45, 7) is 2.15. The zero-order valence-corrected chi connectivity index (χ0v) is 11.9. The number of carboxylic acid groups (broad SMARTS) is 1. The van der Waals surface area contributed by atoms with Gasteiger partial charge in [0.1, 0.15) is 5.56 Å². The standard InChI is InChI=1S/C13H13ClN2O5/c1-7(13(18)19)8-5-15(6-8)12(17)10-3-2-9(14)4-11(10)16(20)21/h2-4,7-8H,5-6H2,1H3,(H,18,19). The third kappa shape index (κ3) is 2.97. The van der Waals surface area contributed by atoms with E-state index in [2.05, 4.69) is 0 Å². The summed E-state index contributed by atoms with van der Waals surface area (Å²) in [6, 6.07) is 3.86. The molecule has 7 nitrogen and oxygen atoms in total. The quantitative estimate of drug-likeness (QED) is 0.677. The second-order valence-electron chi connectivity index (χ2n) is 5.02. The number of amides is 1. The predicted octanol–water partition coefficient (Wildman–Crippen LogP) is 2.04. The van der Waals surface area contributed by atoms with Gasteiger partial charge in [-0.15, -0.1) is 0 Å². The molecule has 1 unspecified atom stereocenters. The van der Waals surface area contributed by atoms with Crippen LogP contribution in [0, 0.1) is 22.0 Å². The predicted molar refractivity (Wildman–Crippen MR) is 74.3 cm³/mol. The Morgan fingerprint density at radius 3 is 2.62 bits per heavy atom. The van der Waals surface area contributed by atoms with Crippen LogP contribution in [0.2, 0.25) is 5.02 Å². The monoisotopic (exact) mass is 312 g/mol. The summed E-state index contributed by atoms with van der Waals surface area (Å²) in [5.41, 5.74) is -0.381. The van der Waals surface area contributed by atoms with Crippen LogP contribution in [-0.2, 0) is 4.79 Å². The van der Waals surface area contributed by atoms with E-state index < -0.39 is 22.7 Å². The largest absolute Gasteiger partial charge is 0.481 e. The summed E-state index contributed by atoms with van der Waals surface area (Å²) < 4.78 is 0. The van der Waals surface area contributed by atoms with Crippen molar-refractivity contribution in [1.82, 2.24) is 4.90 Å². The van der Waals surface area contributed by atoms with E-state index in [1.807, 2.05) is 0 Å². The van der Waals surface area contributed by atoms with Crippen molar-refractivity contribution in [3.63, 3.8) is 0 Å². The smallest absolute Gasteiger partial charge is 0.306 e. The van der Waals surface area contributed by atoms with Gasteiger partial charge < -0.3 is 10.0 Å². The lowest BCUT2D eigenvalue weighted by Crippen LogP contribution is -2.53. The van der Waals surface area contributed by atoms with E-state index in [9.17, 15) is 19.7 Å². The second-order valence-corrected chi connectivity index (χ2v) is 5.45. The van der Waals surface area contributed by atoms with Crippen molar-refractivity contribution in [2.75, 3.05) is 13.1 Å². The number of nitrogens with zero attached hydrogens (tertiary/aromatic N) is 2. The highest BCUT2D eigenvalue weighted by molar-refractivity contribution is 6.31. The Balaban J connectivity index is 2.13. The summed E-state index contributed by atoms with van der Waals surface area (Å²) >= 11 is 5.70. The number of rotatable bonds is 4. The highest BCUT2D eigenvalue weighted by Gasteiger charge is 2.39. The van der Waals surface area contributed by atoms with Crippen LogP contribution in [0.1, 0.15) is 17.3 Å². The zero-order chi connectivity index (χ0) is 15.7. The highest BCUT2D eigenvalue weighted by atomic mass is 35.5. The Morgan fingerprint density at radius 1 is 1.48 bits per heavy atom. The maximum Gasteiger partial charge on any atom is 0.306 e.